The van der Waals surface area contributed by atoms with Gasteiger partial charge in [-0.1, -0.05) is 46.3 Å². The Bertz CT molecular complexity index is 557. The van der Waals surface area contributed by atoms with Crippen molar-refractivity contribution in [3.63, 3.8) is 0 Å². The summed E-state index contributed by atoms with van der Waals surface area (Å²) in [5.41, 5.74) is 0.931. The van der Waals surface area contributed by atoms with Crippen molar-refractivity contribution in [2.24, 2.45) is 0 Å². The second-order valence-electron chi connectivity index (χ2n) is 3.64. The Kier molecular flexibility index (Phi) is 3.94. The van der Waals surface area contributed by atoms with Crippen LogP contribution in [0.3, 0.4) is 0 Å². The molecule has 18 heavy (non-hydrogen) atoms. The van der Waals surface area contributed by atoms with Gasteiger partial charge in [0.05, 0.1) is 4.92 Å². The Morgan fingerprint density at radius 3 is 2.56 bits per heavy atom. The molecule has 2 aromatic rings. The van der Waals surface area contributed by atoms with Crippen LogP contribution in [0.4, 0.5) is 5.69 Å². The molecule has 0 N–H and O–H groups in total. The highest BCUT2D eigenvalue weighted by Gasteiger charge is 2.15. The number of rotatable bonds is 4. The van der Waals surface area contributed by atoms with E-state index in [0.717, 1.165) is 10.0 Å². The molecule has 2 aromatic carbocycles. The number of hydrogen-bond donors (Lipinski definition) is 0. The van der Waals surface area contributed by atoms with E-state index in [1.807, 2.05) is 30.3 Å². The van der Waals surface area contributed by atoms with Gasteiger partial charge in [-0.3, -0.25) is 10.1 Å². The van der Waals surface area contributed by atoms with Crippen LogP contribution >= 0.6 is 15.9 Å². The summed E-state index contributed by atoms with van der Waals surface area (Å²) in [5, 5.41) is 10.9. The monoisotopic (exact) mass is 307 g/mol. The zero-order valence-electron chi connectivity index (χ0n) is 9.38. The highest BCUT2D eigenvalue weighted by atomic mass is 79.9. The molecule has 0 bridgehead atoms. The summed E-state index contributed by atoms with van der Waals surface area (Å²) in [6, 6.07) is 14.2. The fourth-order valence-corrected chi connectivity index (χ4v) is 1.83. The van der Waals surface area contributed by atoms with Gasteiger partial charge in [-0.05, 0) is 11.6 Å². The molecular formula is C13H10BrNO3. The van der Waals surface area contributed by atoms with Gasteiger partial charge < -0.3 is 4.74 Å². The lowest BCUT2D eigenvalue weighted by Gasteiger charge is -2.07. The number of nitro groups is 1. The van der Waals surface area contributed by atoms with Gasteiger partial charge >= 0.3 is 5.69 Å². The maximum atomic E-state index is 10.9. The third kappa shape index (κ3) is 3.07. The van der Waals surface area contributed by atoms with E-state index in [4.69, 9.17) is 4.74 Å². The van der Waals surface area contributed by atoms with Crippen molar-refractivity contribution in [1.82, 2.24) is 0 Å². The Morgan fingerprint density at radius 2 is 1.89 bits per heavy atom. The Morgan fingerprint density at radius 1 is 1.17 bits per heavy atom. The number of hydrogen-bond acceptors (Lipinski definition) is 3. The van der Waals surface area contributed by atoms with Gasteiger partial charge in [-0.25, -0.2) is 0 Å². The van der Waals surface area contributed by atoms with Gasteiger partial charge in [0, 0.05) is 16.6 Å². The van der Waals surface area contributed by atoms with Crippen molar-refractivity contribution < 1.29 is 9.66 Å². The predicted octanol–water partition coefficient (Wildman–Crippen LogP) is 3.94. The Hall–Kier alpha value is -1.88. The second kappa shape index (κ2) is 5.64. The lowest BCUT2D eigenvalue weighted by Crippen LogP contribution is -1.99. The molecule has 0 amide bonds. The standard InChI is InChI=1S/C13H10BrNO3/c14-11-6-7-12(15(16)17)13(8-11)18-9-10-4-2-1-3-5-10/h1-8H,9H2. The number of nitro benzene ring substituents is 1. The fourth-order valence-electron chi connectivity index (χ4n) is 1.49. The SMILES string of the molecule is O=[N+]([O-])c1ccc(Br)cc1OCc1ccccc1. The van der Waals surface area contributed by atoms with E-state index in [2.05, 4.69) is 15.9 Å². The zero-order valence-corrected chi connectivity index (χ0v) is 11.0. The molecule has 0 aromatic heterocycles. The molecule has 0 aliphatic rings. The molecule has 0 saturated carbocycles. The first-order valence-corrected chi connectivity index (χ1v) is 6.07. The highest BCUT2D eigenvalue weighted by Crippen LogP contribution is 2.30. The van der Waals surface area contributed by atoms with Crippen molar-refractivity contribution >= 4 is 21.6 Å². The number of benzene rings is 2. The van der Waals surface area contributed by atoms with Gasteiger partial charge in [-0.15, -0.1) is 0 Å². The number of ether oxygens (including phenoxy) is 1. The summed E-state index contributed by atoms with van der Waals surface area (Å²) in [4.78, 5) is 10.4. The fraction of sp³-hybridized carbons (Fsp3) is 0.0769. The molecule has 0 spiro atoms. The third-order valence-corrected chi connectivity index (χ3v) is 2.85. The second-order valence-corrected chi connectivity index (χ2v) is 4.56. The van der Waals surface area contributed by atoms with Gasteiger partial charge in [-0.2, -0.15) is 0 Å². The average molecular weight is 308 g/mol. The molecule has 0 radical (unpaired) electrons. The predicted molar refractivity (Wildman–Crippen MR) is 71.6 cm³/mol. The molecule has 5 heteroatoms. The first-order valence-electron chi connectivity index (χ1n) is 5.27. The van der Waals surface area contributed by atoms with Gasteiger partial charge in [0.15, 0.2) is 5.75 Å². The maximum absolute atomic E-state index is 10.9. The van der Waals surface area contributed by atoms with E-state index in [1.165, 1.54) is 6.07 Å². The summed E-state index contributed by atoms with van der Waals surface area (Å²) >= 11 is 3.27. The van der Waals surface area contributed by atoms with Crippen LogP contribution in [0.15, 0.2) is 53.0 Å². The molecule has 0 aliphatic heterocycles. The van der Waals surface area contributed by atoms with Crippen LogP contribution in [0.1, 0.15) is 5.56 Å². The minimum atomic E-state index is -0.452. The summed E-state index contributed by atoms with van der Waals surface area (Å²) in [7, 11) is 0. The van der Waals surface area contributed by atoms with E-state index < -0.39 is 4.92 Å². The summed E-state index contributed by atoms with van der Waals surface area (Å²) in [6.45, 7) is 0.304. The number of nitrogens with zero attached hydrogens (tertiary/aromatic N) is 1. The Balaban J connectivity index is 2.18. The zero-order chi connectivity index (χ0) is 13.0. The van der Waals surface area contributed by atoms with E-state index >= 15 is 0 Å². The van der Waals surface area contributed by atoms with Crippen LogP contribution in [0.2, 0.25) is 0 Å². The molecule has 0 aliphatic carbocycles. The van der Waals surface area contributed by atoms with E-state index in [0.29, 0.717) is 6.61 Å². The first kappa shape index (κ1) is 12.6. The van der Waals surface area contributed by atoms with Crippen LogP contribution in [0.5, 0.6) is 5.75 Å². The van der Waals surface area contributed by atoms with Crippen molar-refractivity contribution in [1.29, 1.82) is 0 Å². The minimum Gasteiger partial charge on any atom is -0.482 e. The van der Waals surface area contributed by atoms with Crippen LogP contribution in [-0.2, 0) is 6.61 Å². The van der Waals surface area contributed by atoms with Crippen LogP contribution < -0.4 is 4.74 Å². The third-order valence-electron chi connectivity index (χ3n) is 2.36. The first-order chi connectivity index (χ1) is 8.66. The maximum Gasteiger partial charge on any atom is 0.311 e. The lowest BCUT2D eigenvalue weighted by molar-refractivity contribution is -0.386. The normalized spacial score (nSPS) is 10.1. The summed E-state index contributed by atoms with van der Waals surface area (Å²) in [6.07, 6.45) is 0. The molecule has 0 saturated heterocycles. The smallest absolute Gasteiger partial charge is 0.311 e. The molecule has 0 unspecified atom stereocenters. The largest absolute Gasteiger partial charge is 0.482 e. The van der Waals surface area contributed by atoms with Gasteiger partial charge in [0.2, 0.25) is 0 Å². The van der Waals surface area contributed by atoms with Crippen molar-refractivity contribution in [2.45, 2.75) is 6.61 Å². The van der Waals surface area contributed by atoms with Crippen LogP contribution in [0.25, 0.3) is 0 Å². The molecule has 92 valence electrons. The molecule has 2 rings (SSSR count). The number of halogens is 1. The Labute approximate surface area is 112 Å². The minimum absolute atomic E-state index is 0.0332. The lowest BCUT2D eigenvalue weighted by atomic mass is 10.2. The summed E-state index contributed by atoms with van der Waals surface area (Å²) in [5.74, 6) is 0.262. The van der Waals surface area contributed by atoms with Crippen molar-refractivity contribution in [3.05, 3.63) is 68.7 Å². The van der Waals surface area contributed by atoms with Gasteiger partial charge in [0.25, 0.3) is 0 Å². The average Bonchev–Trinajstić information content (AvgIpc) is 2.37. The van der Waals surface area contributed by atoms with E-state index in [1.54, 1.807) is 12.1 Å². The molecule has 4 nitrogen and oxygen atoms in total. The van der Waals surface area contributed by atoms with Crippen LogP contribution in [-0.4, -0.2) is 4.92 Å². The van der Waals surface area contributed by atoms with E-state index in [-0.39, 0.29) is 11.4 Å². The van der Waals surface area contributed by atoms with Gasteiger partial charge in [0.1, 0.15) is 6.61 Å². The molecule has 0 atom stereocenters. The van der Waals surface area contributed by atoms with Crippen LogP contribution in [0, 0.1) is 10.1 Å². The van der Waals surface area contributed by atoms with E-state index in [9.17, 15) is 10.1 Å². The topological polar surface area (TPSA) is 52.4 Å². The molecule has 0 fully saturated rings. The van der Waals surface area contributed by atoms with Crippen molar-refractivity contribution in [2.75, 3.05) is 0 Å². The van der Waals surface area contributed by atoms with Crippen molar-refractivity contribution in [3.8, 4) is 5.75 Å². The molecular weight excluding hydrogens is 298 g/mol. The quantitative estimate of drug-likeness (QED) is 0.635. The highest BCUT2D eigenvalue weighted by molar-refractivity contribution is 9.10. The molecule has 0 heterocycles. The summed E-state index contributed by atoms with van der Waals surface area (Å²) < 4.78 is 6.24.